The molecule has 0 radical (unpaired) electrons. The van der Waals surface area contributed by atoms with Crippen molar-refractivity contribution in [2.24, 2.45) is 0 Å². The molecule has 10 rings (SSSR count). The molecular formula is C50H42N2O. The van der Waals surface area contributed by atoms with E-state index in [1.807, 2.05) is 6.07 Å². The van der Waals surface area contributed by atoms with Crippen LogP contribution in [0.15, 0.2) is 162 Å². The Balaban J connectivity index is 1.23. The van der Waals surface area contributed by atoms with Crippen LogP contribution in [0.3, 0.4) is 0 Å². The van der Waals surface area contributed by atoms with Gasteiger partial charge in [0.15, 0.2) is 0 Å². The van der Waals surface area contributed by atoms with Crippen LogP contribution < -0.4 is 4.90 Å². The Bertz CT molecular complexity index is 2830. The average molecular weight is 687 g/mol. The van der Waals surface area contributed by atoms with E-state index in [1.165, 1.54) is 56.2 Å². The molecule has 9 aromatic rings. The van der Waals surface area contributed by atoms with Gasteiger partial charge in [0.25, 0.3) is 0 Å². The monoisotopic (exact) mass is 686 g/mol. The first-order valence-electron chi connectivity index (χ1n) is 18.8. The largest absolute Gasteiger partial charge is 0.456 e. The Morgan fingerprint density at radius 1 is 0.509 bits per heavy atom. The summed E-state index contributed by atoms with van der Waals surface area (Å²) >= 11 is 0. The number of hydrogen-bond acceptors (Lipinski definition) is 2. The van der Waals surface area contributed by atoms with Crippen molar-refractivity contribution in [2.45, 2.75) is 51.4 Å². The Kier molecular flexibility index (Phi) is 7.01. The first-order valence-corrected chi connectivity index (χ1v) is 18.8. The molecule has 7 aromatic carbocycles. The Labute approximate surface area is 310 Å². The Morgan fingerprint density at radius 3 is 1.98 bits per heavy atom. The van der Waals surface area contributed by atoms with Crippen LogP contribution in [0.4, 0.5) is 17.1 Å². The summed E-state index contributed by atoms with van der Waals surface area (Å²) in [5.74, 6) is 0. The first kappa shape index (κ1) is 31.7. The number of furan rings is 1. The number of hydrogen-bond donors (Lipinski definition) is 0. The lowest BCUT2D eigenvalue weighted by Gasteiger charge is -2.43. The molecule has 3 heteroatoms. The van der Waals surface area contributed by atoms with Gasteiger partial charge in [-0.3, -0.25) is 0 Å². The van der Waals surface area contributed by atoms with Gasteiger partial charge in [-0.1, -0.05) is 125 Å². The minimum Gasteiger partial charge on any atom is -0.456 e. The second-order valence-electron chi connectivity index (χ2n) is 16.0. The lowest BCUT2D eigenvalue weighted by molar-refractivity contribution is 0.331. The lowest BCUT2D eigenvalue weighted by atomic mass is 9.62. The van der Waals surface area contributed by atoms with Crippen molar-refractivity contribution in [2.75, 3.05) is 4.90 Å². The van der Waals surface area contributed by atoms with Crippen LogP contribution in [0.1, 0.15) is 51.7 Å². The van der Waals surface area contributed by atoms with E-state index >= 15 is 0 Å². The van der Waals surface area contributed by atoms with Crippen LogP contribution in [0.25, 0.3) is 60.6 Å². The van der Waals surface area contributed by atoms with Crippen LogP contribution in [0.5, 0.6) is 0 Å². The van der Waals surface area contributed by atoms with Gasteiger partial charge in [0, 0.05) is 27.5 Å². The number of fused-ring (bicyclic) bond motifs is 7. The minimum absolute atomic E-state index is 0.0633. The average Bonchev–Trinajstić information content (AvgIpc) is 3.73. The number of anilines is 3. The van der Waals surface area contributed by atoms with Crippen molar-refractivity contribution in [3.8, 4) is 16.8 Å². The molecule has 0 saturated heterocycles. The smallest absolute Gasteiger partial charge is 0.137 e. The number of benzene rings is 7. The third-order valence-corrected chi connectivity index (χ3v) is 11.8. The predicted octanol–water partition coefficient (Wildman–Crippen LogP) is 14.2. The summed E-state index contributed by atoms with van der Waals surface area (Å²) in [7, 11) is 0. The van der Waals surface area contributed by atoms with E-state index in [9.17, 15) is 0 Å². The summed E-state index contributed by atoms with van der Waals surface area (Å²) in [6, 6.07) is 57.3. The van der Waals surface area contributed by atoms with Gasteiger partial charge in [-0.25, -0.2) is 0 Å². The molecular weight excluding hydrogens is 645 g/mol. The van der Waals surface area contributed by atoms with Gasteiger partial charge in [-0.15, -0.1) is 0 Å². The molecule has 0 aliphatic heterocycles. The van der Waals surface area contributed by atoms with E-state index in [1.54, 1.807) is 0 Å². The van der Waals surface area contributed by atoms with Crippen LogP contribution in [0, 0.1) is 0 Å². The molecule has 0 unspecified atom stereocenters. The Morgan fingerprint density at radius 2 is 1.15 bits per heavy atom. The highest BCUT2D eigenvalue weighted by molar-refractivity contribution is 6.15. The van der Waals surface area contributed by atoms with E-state index in [0.29, 0.717) is 0 Å². The molecule has 2 heterocycles. The molecule has 0 spiro atoms. The molecule has 0 N–H and O–H groups in total. The molecule has 0 saturated carbocycles. The molecule has 2 aromatic heterocycles. The van der Waals surface area contributed by atoms with Gasteiger partial charge in [0.2, 0.25) is 0 Å². The number of nitrogens with zero attached hydrogens (tertiary/aromatic N) is 2. The Hall–Kier alpha value is -6.06. The maximum atomic E-state index is 6.42. The standard InChI is InChI=1S/C50H42N2O/c1-49(2)30-31-50(3,4)48-40(49)18-12-21-44(48)52-41-19-10-8-16-37(41)39-32-36(28-29-42(39)52)51(35-26-24-34(25-27-35)33-14-6-5-7-15-33)43-20-13-23-46-47(43)38-17-9-11-22-45(38)53-46/h5-29,32H,30-31H2,1-4H3. The summed E-state index contributed by atoms with van der Waals surface area (Å²) in [6.45, 7) is 9.68. The number of para-hydroxylation sites is 2. The van der Waals surface area contributed by atoms with Gasteiger partial charge >= 0.3 is 0 Å². The maximum Gasteiger partial charge on any atom is 0.137 e. The predicted molar refractivity (Wildman–Crippen MR) is 223 cm³/mol. The highest BCUT2D eigenvalue weighted by Crippen LogP contribution is 2.50. The highest BCUT2D eigenvalue weighted by Gasteiger charge is 2.39. The summed E-state index contributed by atoms with van der Waals surface area (Å²) in [4.78, 5) is 2.40. The molecule has 0 bridgehead atoms. The van der Waals surface area contributed by atoms with Crippen molar-refractivity contribution < 1.29 is 4.42 Å². The zero-order chi connectivity index (χ0) is 35.9. The topological polar surface area (TPSA) is 21.3 Å². The molecule has 1 aliphatic rings. The summed E-state index contributed by atoms with van der Waals surface area (Å²) in [5, 5.41) is 4.71. The summed E-state index contributed by atoms with van der Waals surface area (Å²) < 4.78 is 8.95. The normalized spacial score (nSPS) is 14.9. The quantitative estimate of drug-likeness (QED) is 0.180. The van der Waals surface area contributed by atoms with E-state index in [0.717, 1.165) is 45.4 Å². The van der Waals surface area contributed by atoms with Gasteiger partial charge in [0.05, 0.1) is 27.8 Å². The molecule has 0 amide bonds. The zero-order valence-corrected chi connectivity index (χ0v) is 30.7. The number of rotatable bonds is 5. The van der Waals surface area contributed by atoms with Crippen molar-refractivity contribution >= 4 is 60.8 Å². The third-order valence-electron chi connectivity index (χ3n) is 11.8. The fourth-order valence-corrected chi connectivity index (χ4v) is 9.05. The lowest BCUT2D eigenvalue weighted by Crippen LogP contribution is -2.35. The summed E-state index contributed by atoms with van der Waals surface area (Å²) in [6.07, 6.45) is 2.35. The van der Waals surface area contributed by atoms with Crippen molar-refractivity contribution in [1.29, 1.82) is 0 Å². The molecule has 53 heavy (non-hydrogen) atoms. The van der Waals surface area contributed by atoms with Crippen LogP contribution in [0.2, 0.25) is 0 Å². The second-order valence-corrected chi connectivity index (χ2v) is 16.0. The van der Waals surface area contributed by atoms with Crippen molar-refractivity contribution in [3.05, 3.63) is 169 Å². The fraction of sp³-hybridized carbons (Fsp3) is 0.160. The molecule has 1 aliphatic carbocycles. The fourth-order valence-electron chi connectivity index (χ4n) is 9.05. The second kappa shape index (κ2) is 11.7. The maximum absolute atomic E-state index is 6.42. The van der Waals surface area contributed by atoms with Gasteiger partial charge in [-0.2, -0.15) is 0 Å². The van der Waals surface area contributed by atoms with Crippen LogP contribution in [-0.4, -0.2) is 4.57 Å². The van der Waals surface area contributed by atoms with E-state index in [4.69, 9.17) is 4.42 Å². The minimum atomic E-state index is 0.0633. The van der Waals surface area contributed by atoms with Gasteiger partial charge in [-0.05, 0) is 107 Å². The van der Waals surface area contributed by atoms with Crippen molar-refractivity contribution in [1.82, 2.24) is 4.57 Å². The van der Waals surface area contributed by atoms with E-state index in [-0.39, 0.29) is 10.8 Å². The van der Waals surface area contributed by atoms with Crippen LogP contribution >= 0.6 is 0 Å². The molecule has 0 atom stereocenters. The molecule has 3 nitrogen and oxygen atoms in total. The van der Waals surface area contributed by atoms with E-state index < -0.39 is 0 Å². The third kappa shape index (κ3) is 4.94. The molecule has 0 fully saturated rings. The molecule has 258 valence electrons. The van der Waals surface area contributed by atoms with Gasteiger partial charge < -0.3 is 13.9 Å². The first-order chi connectivity index (χ1) is 25.8. The van der Waals surface area contributed by atoms with Crippen molar-refractivity contribution in [3.63, 3.8) is 0 Å². The van der Waals surface area contributed by atoms with Crippen LogP contribution in [-0.2, 0) is 10.8 Å². The van der Waals surface area contributed by atoms with E-state index in [2.05, 4.69) is 189 Å². The van der Waals surface area contributed by atoms with Gasteiger partial charge in [0.1, 0.15) is 11.2 Å². The SMILES string of the molecule is CC1(C)CCC(C)(C)c2c(-n3c4ccccc4c4cc(N(c5ccc(-c6ccccc6)cc5)c5cccc6oc7ccccc7c56)ccc43)cccc21. The zero-order valence-electron chi connectivity index (χ0n) is 30.7. The summed E-state index contributed by atoms with van der Waals surface area (Å²) in [5.41, 5.74) is 14.3. The highest BCUT2D eigenvalue weighted by atomic mass is 16.3. The number of aromatic nitrogens is 1.